The van der Waals surface area contributed by atoms with E-state index in [1.54, 1.807) is 6.08 Å². The largest absolute Gasteiger partial charge is 0.359 e. The monoisotopic (exact) mass is 124 g/mol. The van der Waals surface area contributed by atoms with Gasteiger partial charge in [0.1, 0.15) is 5.60 Å². The molecule has 0 fully saturated rings. The van der Waals surface area contributed by atoms with Crippen molar-refractivity contribution in [2.45, 2.75) is 19.4 Å². The van der Waals surface area contributed by atoms with Gasteiger partial charge in [0.05, 0.1) is 6.61 Å². The summed E-state index contributed by atoms with van der Waals surface area (Å²) >= 11 is 0. The summed E-state index contributed by atoms with van der Waals surface area (Å²) in [5, 5.41) is 0. The number of hydrogen-bond acceptors (Lipinski definition) is 1. The Morgan fingerprint density at radius 2 is 2.33 bits per heavy atom. The van der Waals surface area contributed by atoms with Crippen LogP contribution in [0.1, 0.15) is 13.8 Å². The summed E-state index contributed by atoms with van der Waals surface area (Å²) in [5.41, 5.74) is -0.450. The predicted octanol–water partition coefficient (Wildman–Crippen LogP) is 1.60. The van der Waals surface area contributed by atoms with E-state index in [1.807, 2.05) is 13.8 Å². The molecule has 0 bridgehead atoms. The molecule has 0 N–H and O–H groups in total. The van der Waals surface area contributed by atoms with Crippen molar-refractivity contribution < 1.29 is 4.74 Å². The van der Waals surface area contributed by atoms with Crippen molar-refractivity contribution >= 4 is 0 Å². The maximum Gasteiger partial charge on any atom is 0.123 e. The first-order valence-electron chi connectivity index (χ1n) is 2.85. The van der Waals surface area contributed by atoms with E-state index in [4.69, 9.17) is 11.2 Å². The minimum Gasteiger partial charge on any atom is -0.359 e. The smallest absolute Gasteiger partial charge is 0.123 e. The van der Waals surface area contributed by atoms with Crippen LogP contribution in [0.5, 0.6) is 0 Å². The van der Waals surface area contributed by atoms with E-state index in [0.29, 0.717) is 6.61 Å². The molecule has 1 nitrogen and oxygen atoms in total. The molecule has 0 atom stereocenters. The molecule has 9 heavy (non-hydrogen) atoms. The van der Waals surface area contributed by atoms with Crippen molar-refractivity contribution in [3.63, 3.8) is 0 Å². The maximum atomic E-state index is 5.17. The molecule has 0 saturated carbocycles. The average molecular weight is 124 g/mol. The third-order valence-corrected chi connectivity index (χ3v) is 0.910. The van der Waals surface area contributed by atoms with Gasteiger partial charge in [-0.1, -0.05) is 12.0 Å². The highest BCUT2D eigenvalue weighted by atomic mass is 16.5. The van der Waals surface area contributed by atoms with Crippen molar-refractivity contribution in [1.82, 2.24) is 0 Å². The first-order chi connectivity index (χ1) is 4.12. The lowest BCUT2D eigenvalue weighted by atomic mass is 10.1. The Kier molecular flexibility index (Phi) is 3.05. The van der Waals surface area contributed by atoms with Gasteiger partial charge >= 0.3 is 0 Å². The second-order valence-corrected chi connectivity index (χ2v) is 2.25. The SMILES string of the molecule is C#CC(C)(C)OCC=C. The number of rotatable bonds is 3. The molecule has 0 radical (unpaired) electrons. The summed E-state index contributed by atoms with van der Waals surface area (Å²) in [6, 6.07) is 0. The fraction of sp³-hybridized carbons (Fsp3) is 0.500. The highest BCUT2D eigenvalue weighted by Crippen LogP contribution is 2.05. The summed E-state index contributed by atoms with van der Waals surface area (Å²) in [4.78, 5) is 0. The molecule has 0 aliphatic carbocycles. The summed E-state index contributed by atoms with van der Waals surface area (Å²) < 4.78 is 5.17. The third-order valence-electron chi connectivity index (χ3n) is 0.910. The molecule has 0 aromatic rings. The lowest BCUT2D eigenvalue weighted by Crippen LogP contribution is -2.21. The molecule has 0 unspecified atom stereocenters. The van der Waals surface area contributed by atoms with Crippen LogP contribution in [0.4, 0.5) is 0 Å². The van der Waals surface area contributed by atoms with Gasteiger partial charge in [-0.3, -0.25) is 0 Å². The fourth-order valence-corrected chi connectivity index (χ4v) is 0.309. The molecule has 1 heteroatoms. The van der Waals surface area contributed by atoms with Gasteiger partial charge in [-0.25, -0.2) is 0 Å². The van der Waals surface area contributed by atoms with Crippen LogP contribution in [-0.2, 0) is 4.74 Å². The zero-order chi connectivity index (χ0) is 7.33. The minimum absolute atomic E-state index is 0.450. The van der Waals surface area contributed by atoms with Crippen molar-refractivity contribution in [3.05, 3.63) is 12.7 Å². The second-order valence-electron chi connectivity index (χ2n) is 2.25. The van der Waals surface area contributed by atoms with Crippen LogP contribution in [0.15, 0.2) is 12.7 Å². The van der Waals surface area contributed by atoms with Crippen molar-refractivity contribution in [1.29, 1.82) is 0 Å². The van der Waals surface area contributed by atoms with Crippen LogP contribution in [0.2, 0.25) is 0 Å². The molecule has 0 saturated heterocycles. The molecule has 0 aromatic carbocycles. The van der Waals surface area contributed by atoms with Gasteiger partial charge < -0.3 is 4.74 Å². The van der Waals surface area contributed by atoms with Crippen molar-refractivity contribution in [3.8, 4) is 12.3 Å². The predicted molar refractivity (Wildman–Crippen MR) is 39.1 cm³/mol. The summed E-state index contributed by atoms with van der Waals surface area (Å²) in [6.45, 7) is 7.70. The molecule has 0 amide bonds. The van der Waals surface area contributed by atoms with Gasteiger partial charge in [0.15, 0.2) is 0 Å². The molecule has 0 aliphatic rings. The Morgan fingerprint density at radius 3 is 2.67 bits per heavy atom. The van der Waals surface area contributed by atoms with Crippen LogP contribution in [0, 0.1) is 12.3 Å². The number of ether oxygens (including phenoxy) is 1. The van der Waals surface area contributed by atoms with E-state index in [1.165, 1.54) is 0 Å². The second kappa shape index (κ2) is 3.32. The average Bonchev–Trinajstić information content (AvgIpc) is 1.84. The van der Waals surface area contributed by atoms with Crippen LogP contribution in [0.25, 0.3) is 0 Å². The minimum atomic E-state index is -0.450. The Labute approximate surface area is 56.7 Å². The zero-order valence-corrected chi connectivity index (χ0v) is 5.98. The van der Waals surface area contributed by atoms with Crippen molar-refractivity contribution in [2.75, 3.05) is 6.61 Å². The van der Waals surface area contributed by atoms with E-state index in [-0.39, 0.29) is 0 Å². The lowest BCUT2D eigenvalue weighted by Gasteiger charge is -2.16. The normalized spacial score (nSPS) is 10.3. The summed E-state index contributed by atoms with van der Waals surface area (Å²) in [5.74, 6) is 2.51. The zero-order valence-electron chi connectivity index (χ0n) is 5.98. The fourth-order valence-electron chi connectivity index (χ4n) is 0.309. The Balaban J connectivity index is 3.61. The third kappa shape index (κ3) is 3.81. The quantitative estimate of drug-likeness (QED) is 0.410. The van der Waals surface area contributed by atoms with Gasteiger partial charge in [-0.05, 0) is 13.8 Å². The van der Waals surface area contributed by atoms with E-state index in [9.17, 15) is 0 Å². The van der Waals surface area contributed by atoms with E-state index in [2.05, 4.69) is 12.5 Å². The Morgan fingerprint density at radius 1 is 1.78 bits per heavy atom. The lowest BCUT2D eigenvalue weighted by molar-refractivity contribution is 0.0472. The number of hydrogen-bond donors (Lipinski definition) is 0. The highest BCUT2D eigenvalue weighted by molar-refractivity contribution is 5.03. The van der Waals surface area contributed by atoms with Crippen LogP contribution in [-0.4, -0.2) is 12.2 Å². The maximum absolute atomic E-state index is 5.17. The first kappa shape index (κ1) is 8.26. The summed E-state index contributed by atoms with van der Waals surface area (Å²) in [7, 11) is 0. The van der Waals surface area contributed by atoms with Crippen LogP contribution < -0.4 is 0 Å². The molecule has 0 aromatic heterocycles. The number of terminal acetylenes is 1. The van der Waals surface area contributed by atoms with Crippen LogP contribution in [0.3, 0.4) is 0 Å². The molecule has 50 valence electrons. The first-order valence-corrected chi connectivity index (χ1v) is 2.85. The van der Waals surface area contributed by atoms with Gasteiger partial charge in [0, 0.05) is 0 Å². The molecule has 0 spiro atoms. The van der Waals surface area contributed by atoms with E-state index < -0.39 is 5.60 Å². The highest BCUT2D eigenvalue weighted by Gasteiger charge is 2.11. The van der Waals surface area contributed by atoms with Crippen LogP contribution >= 0.6 is 0 Å². The van der Waals surface area contributed by atoms with E-state index in [0.717, 1.165) is 0 Å². The topological polar surface area (TPSA) is 9.23 Å². The van der Waals surface area contributed by atoms with Gasteiger partial charge in [0.2, 0.25) is 0 Å². The van der Waals surface area contributed by atoms with Gasteiger partial charge in [0.25, 0.3) is 0 Å². The molecule has 0 rings (SSSR count). The molecule has 0 aliphatic heterocycles. The van der Waals surface area contributed by atoms with Gasteiger partial charge in [-0.2, -0.15) is 0 Å². The Hall–Kier alpha value is -0.740. The standard InChI is InChI=1S/C8H12O/c1-5-7-9-8(3,4)6-2/h2,5H,1,7H2,3-4H3. The van der Waals surface area contributed by atoms with E-state index >= 15 is 0 Å². The van der Waals surface area contributed by atoms with Crippen molar-refractivity contribution in [2.24, 2.45) is 0 Å². The van der Waals surface area contributed by atoms with Gasteiger partial charge in [-0.15, -0.1) is 13.0 Å². The molecular formula is C8H12O. The molecular weight excluding hydrogens is 112 g/mol. The molecule has 0 heterocycles. The Bertz CT molecular complexity index is 128. The summed E-state index contributed by atoms with van der Waals surface area (Å²) in [6.07, 6.45) is 6.82.